The van der Waals surface area contributed by atoms with E-state index < -0.39 is 10.0 Å². The molecule has 2 N–H and O–H groups in total. The van der Waals surface area contributed by atoms with Crippen molar-refractivity contribution in [1.82, 2.24) is 14.2 Å². The molecule has 2 heterocycles. The fourth-order valence-electron chi connectivity index (χ4n) is 3.17. The lowest BCUT2D eigenvalue weighted by molar-refractivity contribution is -0.132. The van der Waals surface area contributed by atoms with E-state index in [9.17, 15) is 13.2 Å². The number of aromatic nitrogens is 1. The number of nitrogens with zero attached hydrogens (tertiary/aromatic N) is 3. The summed E-state index contributed by atoms with van der Waals surface area (Å²) < 4.78 is 27.6. The summed E-state index contributed by atoms with van der Waals surface area (Å²) in [6.45, 7) is 5.01. The number of benzene rings is 1. The Labute approximate surface area is 153 Å². The summed E-state index contributed by atoms with van der Waals surface area (Å²) in [7, 11) is -3.67. The number of fused-ring (bicyclic) bond motifs is 1. The number of hydrogen-bond donors (Lipinski definition) is 1. The number of pyridine rings is 1. The number of para-hydroxylation sites is 1. The van der Waals surface area contributed by atoms with Crippen molar-refractivity contribution in [2.75, 3.05) is 26.2 Å². The summed E-state index contributed by atoms with van der Waals surface area (Å²) in [6, 6.07) is 6.91. The van der Waals surface area contributed by atoms with Gasteiger partial charge < -0.3 is 10.6 Å². The van der Waals surface area contributed by atoms with Gasteiger partial charge in [-0.2, -0.15) is 4.31 Å². The molecule has 0 bridgehead atoms. The summed E-state index contributed by atoms with van der Waals surface area (Å²) >= 11 is 0. The van der Waals surface area contributed by atoms with Gasteiger partial charge in [0.05, 0.1) is 5.52 Å². The second-order valence-corrected chi connectivity index (χ2v) is 8.71. The first-order chi connectivity index (χ1) is 12.3. The summed E-state index contributed by atoms with van der Waals surface area (Å²) in [5.41, 5.74) is 7.14. The van der Waals surface area contributed by atoms with Gasteiger partial charge in [0.1, 0.15) is 4.90 Å². The van der Waals surface area contributed by atoms with Crippen LogP contribution in [0.4, 0.5) is 0 Å². The number of hydrogen-bond acceptors (Lipinski definition) is 5. The molecule has 1 aromatic heterocycles. The van der Waals surface area contributed by atoms with E-state index in [2.05, 4.69) is 4.98 Å². The molecule has 1 atom stereocenters. The molecule has 8 heteroatoms. The molecule has 1 aliphatic rings. The van der Waals surface area contributed by atoms with Crippen molar-refractivity contribution in [3.05, 3.63) is 36.0 Å². The zero-order valence-corrected chi connectivity index (χ0v) is 15.9. The molecule has 2 aromatic rings. The average Bonchev–Trinajstić information content (AvgIpc) is 2.60. The Bertz CT molecular complexity index is 919. The van der Waals surface area contributed by atoms with Gasteiger partial charge in [0.2, 0.25) is 15.9 Å². The molecule has 0 aliphatic carbocycles. The van der Waals surface area contributed by atoms with Gasteiger partial charge in [0, 0.05) is 50.2 Å². The van der Waals surface area contributed by atoms with Crippen LogP contribution in [0.1, 0.15) is 18.9 Å². The number of sulfonamides is 1. The Balaban J connectivity index is 1.81. The smallest absolute Gasteiger partial charge is 0.245 e. The van der Waals surface area contributed by atoms with E-state index in [-0.39, 0.29) is 36.4 Å². The second-order valence-electron chi connectivity index (χ2n) is 6.81. The molecule has 1 aliphatic heterocycles. The summed E-state index contributed by atoms with van der Waals surface area (Å²) in [6.07, 6.45) is 1.95. The molecule has 1 fully saturated rings. The molecule has 0 radical (unpaired) electrons. The highest BCUT2D eigenvalue weighted by Gasteiger charge is 2.31. The number of aryl methyl sites for hydroxylation is 1. The third kappa shape index (κ3) is 3.72. The lowest BCUT2D eigenvalue weighted by Gasteiger charge is -2.34. The van der Waals surface area contributed by atoms with Crippen LogP contribution in [0.25, 0.3) is 10.9 Å². The maximum absolute atomic E-state index is 13.1. The fourth-order valence-corrected chi connectivity index (χ4v) is 4.76. The maximum atomic E-state index is 13.1. The van der Waals surface area contributed by atoms with Crippen molar-refractivity contribution >= 4 is 26.8 Å². The van der Waals surface area contributed by atoms with Crippen molar-refractivity contribution in [3.8, 4) is 0 Å². The van der Waals surface area contributed by atoms with Gasteiger partial charge in [-0.3, -0.25) is 9.78 Å². The van der Waals surface area contributed by atoms with Gasteiger partial charge in [-0.05, 0) is 31.5 Å². The van der Waals surface area contributed by atoms with Gasteiger partial charge >= 0.3 is 0 Å². The lowest BCUT2D eigenvalue weighted by Crippen LogP contribution is -2.51. The van der Waals surface area contributed by atoms with Gasteiger partial charge in [-0.1, -0.05) is 12.1 Å². The topological polar surface area (TPSA) is 96.6 Å². The molecule has 26 heavy (non-hydrogen) atoms. The Kier molecular flexibility index (Phi) is 5.27. The molecular formula is C18H24N4O3S. The number of amides is 1. The highest BCUT2D eigenvalue weighted by molar-refractivity contribution is 7.89. The van der Waals surface area contributed by atoms with Crippen LogP contribution in [0.2, 0.25) is 0 Å². The number of carbonyl (C=O) groups is 1. The minimum atomic E-state index is -3.67. The first-order valence-electron chi connectivity index (χ1n) is 8.68. The summed E-state index contributed by atoms with van der Waals surface area (Å²) in [5.74, 6) is -0.0284. The first-order valence-corrected chi connectivity index (χ1v) is 10.1. The van der Waals surface area contributed by atoms with E-state index in [1.807, 2.05) is 19.1 Å². The number of carbonyl (C=O) groups excluding carboxylic acids is 1. The Morgan fingerprint density at radius 3 is 2.62 bits per heavy atom. The molecule has 1 amide bonds. The van der Waals surface area contributed by atoms with Crippen molar-refractivity contribution in [3.63, 3.8) is 0 Å². The molecule has 0 spiro atoms. The van der Waals surface area contributed by atoms with Crippen molar-refractivity contribution in [1.29, 1.82) is 0 Å². The quantitative estimate of drug-likeness (QED) is 0.862. The van der Waals surface area contributed by atoms with Crippen LogP contribution >= 0.6 is 0 Å². The highest BCUT2D eigenvalue weighted by atomic mass is 32.2. The highest BCUT2D eigenvalue weighted by Crippen LogP contribution is 2.25. The zero-order chi connectivity index (χ0) is 18.9. The third-order valence-electron chi connectivity index (χ3n) is 4.52. The average molecular weight is 376 g/mol. The predicted octanol–water partition coefficient (Wildman–Crippen LogP) is 1.11. The minimum absolute atomic E-state index is 0.0284. The van der Waals surface area contributed by atoms with Crippen LogP contribution in [-0.2, 0) is 14.8 Å². The van der Waals surface area contributed by atoms with Crippen LogP contribution in [0, 0.1) is 6.92 Å². The van der Waals surface area contributed by atoms with E-state index in [0.717, 1.165) is 10.9 Å². The lowest BCUT2D eigenvalue weighted by atomic mass is 10.2. The molecule has 3 rings (SSSR count). The molecule has 7 nitrogen and oxygen atoms in total. The van der Waals surface area contributed by atoms with Crippen LogP contribution in [0.5, 0.6) is 0 Å². The summed E-state index contributed by atoms with van der Waals surface area (Å²) in [4.78, 5) is 18.3. The van der Waals surface area contributed by atoms with Crippen LogP contribution in [-0.4, -0.2) is 60.7 Å². The third-order valence-corrected chi connectivity index (χ3v) is 6.45. The predicted molar refractivity (Wildman–Crippen MR) is 100 cm³/mol. The van der Waals surface area contributed by atoms with E-state index in [1.54, 1.807) is 30.2 Å². The Morgan fingerprint density at radius 2 is 1.96 bits per heavy atom. The molecule has 1 unspecified atom stereocenters. The van der Waals surface area contributed by atoms with E-state index in [1.165, 1.54) is 4.31 Å². The van der Waals surface area contributed by atoms with Gasteiger partial charge in [0.15, 0.2) is 0 Å². The molecular weight excluding hydrogens is 352 g/mol. The monoisotopic (exact) mass is 376 g/mol. The zero-order valence-electron chi connectivity index (χ0n) is 15.1. The van der Waals surface area contributed by atoms with Gasteiger partial charge in [-0.15, -0.1) is 0 Å². The fraction of sp³-hybridized carbons (Fsp3) is 0.444. The number of piperazine rings is 1. The maximum Gasteiger partial charge on any atom is 0.245 e. The SMILES string of the molecule is Cc1cnc2c(S(=O)(=O)N3CCN(C(=O)CC(C)N)CC3)cccc2c1. The van der Waals surface area contributed by atoms with E-state index in [0.29, 0.717) is 18.6 Å². The van der Waals surface area contributed by atoms with Gasteiger partial charge in [-0.25, -0.2) is 8.42 Å². The summed E-state index contributed by atoms with van der Waals surface area (Å²) in [5, 5.41) is 0.803. The second kappa shape index (κ2) is 7.30. The Morgan fingerprint density at radius 1 is 1.27 bits per heavy atom. The molecule has 0 saturated carbocycles. The van der Waals surface area contributed by atoms with Crippen molar-refractivity contribution < 1.29 is 13.2 Å². The molecule has 1 aromatic carbocycles. The van der Waals surface area contributed by atoms with Crippen molar-refractivity contribution in [2.24, 2.45) is 5.73 Å². The van der Waals surface area contributed by atoms with E-state index in [4.69, 9.17) is 5.73 Å². The van der Waals surface area contributed by atoms with Crippen LogP contribution in [0.3, 0.4) is 0 Å². The molecule has 140 valence electrons. The largest absolute Gasteiger partial charge is 0.340 e. The minimum Gasteiger partial charge on any atom is -0.340 e. The first kappa shape index (κ1) is 18.8. The van der Waals surface area contributed by atoms with Crippen molar-refractivity contribution in [2.45, 2.75) is 31.2 Å². The number of nitrogens with two attached hydrogens (primary N) is 1. The Hall–Kier alpha value is -2.03. The van der Waals surface area contributed by atoms with Crippen LogP contribution in [0.15, 0.2) is 35.4 Å². The molecule has 1 saturated heterocycles. The van der Waals surface area contributed by atoms with E-state index >= 15 is 0 Å². The normalized spacial score (nSPS) is 17.4. The standard InChI is InChI=1S/C18H24N4O3S/c1-13-10-15-4-3-5-16(18(15)20-12-13)26(24,25)22-8-6-21(7-9-22)17(23)11-14(2)19/h3-5,10,12,14H,6-9,11,19H2,1-2H3. The van der Waals surface area contributed by atoms with Gasteiger partial charge in [0.25, 0.3) is 0 Å². The van der Waals surface area contributed by atoms with Crippen LogP contribution < -0.4 is 5.73 Å². The number of rotatable bonds is 4.